The van der Waals surface area contributed by atoms with Crippen molar-refractivity contribution in [2.75, 3.05) is 27.4 Å². The molecule has 0 spiro atoms. The van der Waals surface area contributed by atoms with Gasteiger partial charge in [-0.1, -0.05) is 20.8 Å². The molecule has 0 radical (unpaired) electrons. The average molecular weight is 217 g/mol. The highest BCUT2D eigenvalue weighted by Gasteiger charge is 2.22. The molecule has 0 aliphatic rings. The predicted molar refractivity (Wildman–Crippen MR) is 59.7 cm³/mol. The number of carbonyl (C=O) groups is 1. The van der Waals surface area contributed by atoms with Gasteiger partial charge in [-0.2, -0.15) is 0 Å². The fraction of sp³-hybridized carbons (Fsp3) is 0.909. The fourth-order valence-electron chi connectivity index (χ4n) is 1.39. The lowest BCUT2D eigenvalue weighted by Crippen LogP contribution is -2.44. The van der Waals surface area contributed by atoms with Crippen molar-refractivity contribution in [2.45, 2.75) is 26.8 Å². The summed E-state index contributed by atoms with van der Waals surface area (Å²) < 4.78 is 9.76. The molecular formula is C11H23NO3. The van der Waals surface area contributed by atoms with Crippen molar-refractivity contribution in [3.63, 3.8) is 0 Å². The minimum Gasteiger partial charge on any atom is -0.468 e. The van der Waals surface area contributed by atoms with Gasteiger partial charge < -0.3 is 14.8 Å². The van der Waals surface area contributed by atoms with E-state index in [1.165, 1.54) is 7.11 Å². The molecule has 0 rings (SSSR count). The van der Waals surface area contributed by atoms with Crippen molar-refractivity contribution < 1.29 is 14.3 Å². The first kappa shape index (κ1) is 14.4. The Balaban J connectivity index is 4.02. The number of methoxy groups -OCH3 is 2. The topological polar surface area (TPSA) is 47.6 Å². The number of esters is 1. The van der Waals surface area contributed by atoms with Gasteiger partial charge in [-0.15, -0.1) is 0 Å². The SMILES string of the molecule is COCC(C)CN[C@H](C(=O)OC)C(C)C. The number of hydrogen-bond acceptors (Lipinski definition) is 4. The summed E-state index contributed by atoms with van der Waals surface area (Å²) in [6.45, 7) is 7.51. The summed E-state index contributed by atoms with van der Waals surface area (Å²) in [5, 5.41) is 3.20. The quantitative estimate of drug-likeness (QED) is 0.648. The average Bonchev–Trinajstić information content (AvgIpc) is 2.17. The summed E-state index contributed by atoms with van der Waals surface area (Å²) >= 11 is 0. The molecule has 15 heavy (non-hydrogen) atoms. The molecule has 1 N–H and O–H groups in total. The van der Waals surface area contributed by atoms with Crippen LogP contribution in [0.1, 0.15) is 20.8 Å². The van der Waals surface area contributed by atoms with Gasteiger partial charge in [0.1, 0.15) is 6.04 Å². The molecule has 4 nitrogen and oxygen atoms in total. The van der Waals surface area contributed by atoms with Gasteiger partial charge in [0.25, 0.3) is 0 Å². The van der Waals surface area contributed by atoms with Gasteiger partial charge in [0, 0.05) is 20.3 Å². The fourth-order valence-corrected chi connectivity index (χ4v) is 1.39. The van der Waals surface area contributed by atoms with Gasteiger partial charge in [-0.3, -0.25) is 4.79 Å². The molecule has 0 fully saturated rings. The van der Waals surface area contributed by atoms with E-state index in [9.17, 15) is 4.79 Å². The van der Waals surface area contributed by atoms with E-state index in [0.29, 0.717) is 12.5 Å². The summed E-state index contributed by atoms with van der Waals surface area (Å²) in [5.41, 5.74) is 0. The standard InChI is InChI=1S/C11H23NO3/c1-8(2)10(11(13)15-5)12-6-9(3)7-14-4/h8-10,12H,6-7H2,1-5H3/t9?,10-/m0/s1. The minimum atomic E-state index is -0.227. The Hall–Kier alpha value is -0.610. The van der Waals surface area contributed by atoms with E-state index >= 15 is 0 Å². The van der Waals surface area contributed by atoms with Crippen molar-refractivity contribution in [3.8, 4) is 0 Å². The van der Waals surface area contributed by atoms with E-state index in [1.807, 2.05) is 13.8 Å². The smallest absolute Gasteiger partial charge is 0.323 e. The van der Waals surface area contributed by atoms with Gasteiger partial charge in [0.15, 0.2) is 0 Å². The van der Waals surface area contributed by atoms with E-state index in [1.54, 1.807) is 7.11 Å². The maximum Gasteiger partial charge on any atom is 0.323 e. The highest BCUT2D eigenvalue weighted by Crippen LogP contribution is 2.04. The second kappa shape index (κ2) is 7.65. The Kier molecular flexibility index (Phi) is 7.34. The molecule has 0 saturated heterocycles. The first-order valence-electron chi connectivity index (χ1n) is 5.33. The van der Waals surface area contributed by atoms with Crippen LogP contribution in [0, 0.1) is 11.8 Å². The van der Waals surface area contributed by atoms with E-state index in [2.05, 4.69) is 12.2 Å². The van der Waals surface area contributed by atoms with E-state index in [4.69, 9.17) is 9.47 Å². The Morgan fingerprint density at radius 2 is 1.87 bits per heavy atom. The van der Waals surface area contributed by atoms with Crippen LogP contribution in [0.25, 0.3) is 0 Å². The molecule has 0 bridgehead atoms. The molecule has 0 heterocycles. The third-order valence-corrected chi connectivity index (χ3v) is 2.26. The molecule has 0 aromatic rings. The molecule has 0 aromatic carbocycles. The Morgan fingerprint density at radius 3 is 2.27 bits per heavy atom. The summed E-state index contributed by atoms with van der Waals surface area (Å²) in [7, 11) is 3.09. The first-order chi connectivity index (χ1) is 7.02. The number of hydrogen-bond donors (Lipinski definition) is 1. The molecule has 0 aliphatic carbocycles. The second-order valence-electron chi connectivity index (χ2n) is 4.21. The third kappa shape index (κ3) is 5.74. The van der Waals surface area contributed by atoms with Crippen LogP contribution in [0.2, 0.25) is 0 Å². The monoisotopic (exact) mass is 217 g/mol. The summed E-state index contributed by atoms with van der Waals surface area (Å²) in [4.78, 5) is 11.4. The molecular weight excluding hydrogens is 194 g/mol. The second-order valence-corrected chi connectivity index (χ2v) is 4.21. The van der Waals surface area contributed by atoms with Crippen molar-refractivity contribution in [3.05, 3.63) is 0 Å². The number of carbonyl (C=O) groups excluding carboxylic acids is 1. The van der Waals surface area contributed by atoms with Gasteiger partial charge in [0.2, 0.25) is 0 Å². The summed E-state index contributed by atoms with van der Waals surface area (Å²) in [6, 6.07) is -0.227. The van der Waals surface area contributed by atoms with Crippen LogP contribution in [0.5, 0.6) is 0 Å². The van der Waals surface area contributed by atoms with Crippen LogP contribution in [0.4, 0.5) is 0 Å². The Bertz CT molecular complexity index is 183. The van der Waals surface area contributed by atoms with Gasteiger partial charge in [-0.05, 0) is 11.8 Å². The van der Waals surface area contributed by atoms with Gasteiger partial charge in [-0.25, -0.2) is 0 Å². The van der Waals surface area contributed by atoms with Crippen LogP contribution < -0.4 is 5.32 Å². The van der Waals surface area contributed by atoms with Gasteiger partial charge in [0.05, 0.1) is 7.11 Å². The molecule has 0 aromatic heterocycles. The Morgan fingerprint density at radius 1 is 1.27 bits per heavy atom. The lowest BCUT2D eigenvalue weighted by Gasteiger charge is -2.21. The van der Waals surface area contributed by atoms with E-state index in [0.717, 1.165) is 6.54 Å². The number of rotatable bonds is 7. The van der Waals surface area contributed by atoms with Crippen LogP contribution in [0.15, 0.2) is 0 Å². The summed E-state index contributed by atoms with van der Waals surface area (Å²) in [5.74, 6) is 0.419. The molecule has 0 saturated carbocycles. The van der Waals surface area contributed by atoms with Crippen molar-refractivity contribution in [2.24, 2.45) is 11.8 Å². The van der Waals surface area contributed by atoms with E-state index < -0.39 is 0 Å². The van der Waals surface area contributed by atoms with Crippen LogP contribution in [0.3, 0.4) is 0 Å². The molecule has 0 amide bonds. The van der Waals surface area contributed by atoms with Crippen LogP contribution in [-0.2, 0) is 14.3 Å². The highest BCUT2D eigenvalue weighted by molar-refractivity contribution is 5.75. The number of ether oxygens (including phenoxy) is 2. The normalized spacial score (nSPS) is 15.1. The highest BCUT2D eigenvalue weighted by atomic mass is 16.5. The maximum atomic E-state index is 11.4. The predicted octanol–water partition coefficient (Wildman–Crippen LogP) is 1.06. The lowest BCUT2D eigenvalue weighted by atomic mass is 10.0. The van der Waals surface area contributed by atoms with Crippen molar-refractivity contribution in [1.82, 2.24) is 5.32 Å². The largest absolute Gasteiger partial charge is 0.468 e. The van der Waals surface area contributed by atoms with Crippen LogP contribution in [-0.4, -0.2) is 39.4 Å². The van der Waals surface area contributed by atoms with Crippen molar-refractivity contribution >= 4 is 5.97 Å². The zero-order valence-corrected chi connectivity index (χ0v) is 10.4. The third-order valence-electron chi connectivity index (χ3n) is 2.26. The number of nitrogens with one attached hydrogen (secondary N) is 1. The molecule has 2 atom stereocenters. The molecule has 4 heteroatoms. The van der Waals surface area contributed by atoms with Gasteiger partial charge >= 0.3 is 5.97 Å². The Labute approximate surface area is 92.3 Å². The maximum absolute atomic E-state index is 11.4. The van der Waals surface area contributed by atoms with Crippen LogP contribution >= 0.6 is 0 Å². The lowest BCUT2D eigenvalue weighted by molar-refractivity contribution is -0.144. The zero-order valence-electron chi connectivity index (χ0n) is 10.4. The van der Waals surface area contributed by atoms with Crippen molar-refractivity contribution in [1.29, 1.82) is 0 Å². The molecule has 90 valence electrons. The minimum absolute atomic E-state index is 0.199. The molecule has 1 unspecified atom stereocenters. The molecule has 0 aliphatic heterocycles. The van der Waals surface area contributed by atoms with E-state index in [-0.39, 0.29) is 17.9 Å². The zero-order chi connectivity index (χ0) is 11.8. The summed E-state index contributed by atoms with van der Waals surface area (Å²) in [6.07, 6.45) is 0. The first-order valence-corrected chi connectivity index (χ1v) is 5.33.